The Kier molecular flexibility index (Phi) is 5.19. The van der Waals surface area contributed by atoms with Crippen LogP contribution >= 0.6 is 0 Å². The van der Waals surface area contributed by atoms with Crippen LogP contribution < -0.4 is 15.0 Å². The molecule has 0 saturated carbocycles. The number of carbonyl (C=O) groups excluding carboxylic acids is 1. The minimum absolute atomic E-state index is 0.191. The SMILES string of the molecule is COc1ccc(C)cc1NC(=O)c1ccnc(N2CCC3(CC2)OCCO3)c1. The molecular formula is C21H25N3O4. The Bertz CT molecular complexity index is 854. The van der Waals surface area contributed by atoms with Crippen LogP contribution in [0.5, 0.6) is 5.75 Å². The summed E-state index contributed by atoms with van der Waals surface area (Å²) in [5, 5.41) is 2.94. The maximum atomic E-state index is 12.8. The van der Waals surface area contributed by atoms with Gasteiger partial charge in [0, 0.05) is 37.7 Å². The lowest BCUT2D eigenvalue weighted by atomic mass is 10.0. The summed E-state index contributed by atoms with van der Waals surface area (Å²) >= 11 is 0. The van der Waals surface area contributed by atoms with Crippen LogP contribution in [0.1, 0.15) is 28.8 Å². The molecule has 1 aromatic heterocycles. The van der Waals surface area contributed by atoms with Gasteiger partial charge in [0.1, 0.15) is 11.6 Å². The normalized spacial score (nSPS) is 18.3. The van der Waals surface area contributed by atoms with E-state index in [1.807, 2.05) is 31.2 Å². The molecule has 7 nitrogen and oxygen atoms in total. The molecule has 0 atom stereocenters. The van der Waals surface area contributed by atoms with Crippen LogP contribution in [0.2, 0.25) is 0 Å². The van der Waals surface area contributed by atoms with Crippen LogP contribution in [0, 0.1) is 6.92 Å². The molecular weight excluding hydrogens is 358 g/mol. The maximum Gasteiger partial charge on any atom is 0.255 e. The lowest BCUT2D eigenvalue weighted by molar-refractivity contribution is -0.169. The van der Waals surface area contributed by atoms with Crippen molar-refractivity contribution in [2.45, 2.75) is 25.6 Å². The van der Waals surface area contributed by atoms with E-state index in [-0.39, 0.29) is 5.91 Å². The van der Waals surface area contributed by atoms with Gasteiger partial charge in [-0.1, -0.05) is 6.07 Å². The number of aryl methyl sites for hydroxylation is 1. The van der Waals surface area contributed by atoms with Gasteiger partial charge in [-0.2, -0.15) is 0 Å². The first kappa shape index (κ1) is 18.7. The first-order valence-corrected chi connectivity index (χ1v) is 9.53. The van der Waals surface area contributed by atoms with Gasteiger partial charge in [-0.25, -0.2) is 4.98 Å². The number of nitrogens with zero attached hydrogens (tertiary/aromatic N) is 2. The molecule has 2 aliphatic rings. The fourth-order valence-corrected chi connectivity index (χ4v) is 3.71. The maximum absolute atomic E-state index is 12.8. The van der Waals surface area contributed by atoms with E-state index in [4.69, 9.17) is 14.2 Å². The topological polar surface area (TPSA) is 72.9 Å². The van der Waals surface area contributed by atoms with Crippen molar-refractivity contribution in [3.8, 4) is 5.75 Å². The number of anilines is 2. The highest BCUT2D eigenvalue weighted by atomic mass is 16.7. The number of aromatic nitrogens is 1. The Morgan fingerprint density at radius 2 is 1.93 bits per heavy atom. The molecule has 2 fully saturated rings. The highest BCUT2D eigenvalue weighted by molar-refractivity contribution is 6.05. The van der Waals surface area contributed by atoms with Crippen LogP contribution in [0.15, 0.2) is 36.5 Å². The molecule has 28 heavy (non-hydrogen) atoms. The number of hydrogen-bond acceptors (Lipinski definition) is 6. The van der Waals surface area contributed by atoms with Crippen molar-refractivity contribution in [1.29, 1.82) is 0 Å². The molecule has 1 aromatic carbocycles. The van der Waals surface area contributed by atoms with Gasteiger partial charge in [-0.3, -0.25) is 4.79 Å². The van der Waals surface area contributed by atoms with Crippen LogP contribution in [0.4, 0.5) is 11.5 Å². The van der Waals surface area contributed by atoms with Crippen molar-refractivity contribution in [2.75, 3.05) is 43.6 Å². The van der Waals surface area contributed by atoms with Gasteiger partial charge >= 0.3 is 0 Å². The molecule has 4 rings (SSSR count). The second-order valence-electron chi connectivity index (χ2n) is 7.16. The molecule has 0 unspecified atom stereocenters. The quantitative estimate of drug-likeness (QED) is 0.875. The fraction of sp³-hybridized carbons (Fsp3) is 0.429. The number of pyridine rings is 1. The van der Waals surface area contributed by atoms with Crippen LogP contribution in [-0.2, 0) is 9.47 Å². The zero-order valence-corrected chi connectivity index (χ0v) is 16.2. The smallest absolute Gasteiger partial charge is 0.255 e. The largest absolute Gasteiger partial charge is 0.495 e. The van der Waals surface area contributed by atoms with E-state index in [1.165, 1.54) is 0 Å². The summed E-state index contributed by atoms with van der Waals surface area (Å²) in [6.07, 6.45) is 3.27. The van der Waals surface area contributed by atoms with E-state index >= 15 is 0 Å². The summed E-state index contributed by atoms with van der Waals surface area (Å²) in [7, 11) is 1.59. The van der Waals surface area contributed by atoms with Gasteiger partial charge in [-0.05, 0) is 36.8 Å². The van der Waals surface area contributed by atoms with Crippen LogP contribution in [0.25, 0.3) is 0 Å². The summed E-state index contributed by atoms with van der Waals surface area (Å²) in [5.74, 6) is 0.805. The number of piperidine rings is 1. The van der Waals surface area contributed by atoms with E-state index in [2.05, 4.69) is 15.2 Å². The average molecular weight is 383 g/mol. The highest BCUT2D eigenvalue weighted by Crippen LogP contribution is 2.33. The summed E-state index contributed by atoms with van der Waals surface area (Å²) in [6, 6.07) is 9.23. The third kappa shape index (κ3) is 3.81. The number of benzene rings is 1. The monoisotopic (exact) mass is 383 g/mol. The fourth-order valence-electron chi connectivity index (χ4n) is 3.71. The van der Waals surface area contributed by atoms with Crippen molar-refractivity contribution in [3.63, 3.8) is 0 Å². The van der Waals surface area contributed by atoms with Crippen molar-refractivity contribution >= 4 is 17.4 Å². The first-order valence-electron chi connectivity index (χ1n) is 9.53. The van der Waals surface area contributed by atoms with E-state index in [1.54, 1.807) is 19.4 Å². The van der Waals surface area contributed by atoms with Gasteiger partial charge in [-0.15, -0.1) is 0 Å². The third-order valence-corrected chi connectivity index (χ3v) is 5.27. The van der Waals surface area contributed by atoms with Gasteiger partial charge in [0.2, 0.25) is 0 Å². The molecule has 2 aliphatic heterocycles. The Hall–Kier alpha value is -2.64. The molecule has 2 saturated heterocycles. The van der Waals surface area contributed by atoms with Gasteiger partial charge in [0.05, 0.1) is 26.0 Å². The lowest BCUT2D eigenvalue weighted by Gasteiger charge is -2.38. The second-order valence-corrected chi connectivity index (χ2v) is 7.16. The van der Waals surface area contributed by atoms with E-state index < -0.39 is 5.79 Å². The molecule has 0 radical (unpaired) electrons. The molecule has 1 amide bonds. The summed E-state index contributed by atoms with van der Waals surface area (Å²) in [5.41, 5.74) is 2.26. The molecule has 1 N–H and O–H groups in total. The number of nitrogens with one attached hydrogen (secondary N) is 1. The Labute approximate surface area is 164 Å². The Morgan fingerprint density at radius 3 is 2.64 bits per heavy atom. The zero-order chi connectivity index (χ0) is 19.6. The Balaban J connectivity index is 1.46. The number of carbonyl (C=O) groups is 1. The number of hydrogen-bond donors (Lipinski definition) is 1. The van der Waals surface area contributed by atoms with Crippen molar-refractivity contribution < 1.29 is 19.0 Å². The first-order chi connectivity index (χ1) is 13.6. The number of amides is 1. The summed E-state index contributed by atoms with van der Waals surface area (Å²) in [4.78, 5) is 19.4. The Morgan fingerprint density at radius 1 is 1.18 bits per heavy atom. The number of rotatable bonds is 4. The molecule has 1 spiro atoms. The number of ether oxygens (including phenoxy) is 3. The predicted octanol–water partition coefficient (Wildman–Crippen LogP) is 2.99. The third-order valence-electron chi connectivity index (χ3n) is 5.27. The lowest BCUT2D eigenvalue weighted by Crippen LogP contribution is -2.45. The van der Waals surface area contributed by atoms with Crippen molar-refractivity contribution in [2.24, 2.45) is 0 Å². The average Bonchev–Trinajstić information content (AvgIpc) is 3.17. The minimum Gasteiger partial charge on any atom is -0.495 e. The second kappa shape index (κ2) is 7.77. The van der Waals surface area contributed by atoms with Crippen molar-refractivity contribution in [1.82, 2.24) is 4.98 Å². The van der Waals surface area contributed by atoms with E-state index in [0.717, 1.165) is 37.3 Å². The summed E-state index contributed by atoms with van der Waals surface area (Å²) in [6.45, 7) is 4.86. The van der Waals surface area contributed by atoms with Gasteiger partial charge < -0.3 is 24.4 Å². The van der Waals surface area contributed by atoms with Crippen LogP contribution in [-0.4, -0.2) is 50.1 Å². The predicted molar refractivity (Wildman–Crippen MR) is 106 cm³/mol. The standard InChI is InChI=1S/C21H25N3O4/c1-15-3-4-18(26-2)17(13-15)23-20(25)16-5-8-22-19(14-16)24-9-6-21(7-10-24)27-11-12-28-21/h3-5,8,13-14H,6-7,9-12H2,1-2H3,(H,23,25). The zero-order valence-electron chi connectivity index (χ0n) is 16.2. The number of methoxy groups -OCH3 is 1. The van der Waals surface area contributed by atoms with Gasteiger partial charge in [0.25, 0.3) is 5.91 Å². The molecule has 3 heterocycles. The van der Waals surface area contributed by atoms with Crippen molar-refractivity contribution in [3.05, 3.63) is 47.7 Å². The summed E-state index contributed by atoms with van der Waals surface area (Å²) < 4.78 is 16.9. The van der Waals surface area contributed by atoms with E-state index in [9.17, 15) is 4.79 Å². The minimum atomic E-state index is -0.423. The van der Waals surface area contributed by atoms with Gasteiger partial charge in [0.15, 0.2) is 5.79 Å². The highest BCUT2D eigenvalue weighted by Gasteiger charge is 2.40. The van der Waals surface area contributed by atoms with E-state index in [0.29, 0.717) is 30.2 Å². The molecule has 7 heteroatoms. The molecule has 0 bridgehead atoms. The van der Waals surface area contributed by atoms with Crippen LogP contribution in [0.3, 0.4) is 0 Å². The molecule has 148 valence electrons. The molecule has 0 aliphatic carbocycles. The molecule has 2 aromatic rings.